The molecule has 0 aliphatic carbocycles. The monoisotopic (exact) mass is 1030 g/mol. The van der Waals surface area contributed by atoms with Gasteiger partial charge in [0.2, 0.25) is 12.3 Å². The molecule has 0 bridgehead atoms. The Balaban J connectivity index is 0.000000279. The molecular formula is C53H72ClN9O6S2. The third-order valence-electron chi connectivity index (χ3n) is 12.8. The highest BCUT2D eigenvalue weighted by Gasteiger charge is 2.34. The molecule has 2 amide bonds. The number of unbranched alkanes of at least 4 members (excludes halogenated alkanes) is 7. The van der Waals surface area contributed by atoms with Crippen LogP contribution in [0.25, 0.3) is 16.6 Å². The minimum absolute atomic E-state index is 0.139. The number of rotatable bonds is 19. The van der Waals surface area contributed by atoms with Crippen LogP contribution in [0.5, 0.6) is 0 Å². The largest absolute Gasteiger partial charge is 0.400 e. The molecular weight excluding hydrogens is 958 g/mol. The van der Waals surface area contributed by atoms with Crippen molar-refractivity contribution in [2.75, 3.05) is 45.3 Å². The van der Waals surface area contributed by atoms with E-state index in [4.69, 9.17) is 31.2 Å². The normalized spacial score (nSPS) is 15.7. The van der Waals surface area contributed by atoms with E-state index in [1.165, 1.54) is 65.1 Å². The summed E-state index contributed by atoms with van der Waals surface area (Å²) in [5.41, 5.74) is 16.9. The number of benzene rings is 2. The minimum Gasteiger partial charge on any atom is -0.400 e. The van der Waals surface area contributed by atoms with Gasteiger partial charge < -0.3 is 25.7 Å². The molecule has 2 atom stereocenters. The van der Waals surface area contributed by atoms with Crippen molar-refractivity contribution in [3.63, 3.8) is 0 Å². The number of anilines is 1. The van der Waals surface area contributed by atoms with Gasteiger partial charge in [0.1, 0.15) is 28.4 Å². The van der Waals surface area contributed by atoms with Crippen LogP contribution in [0, 0.1) is 13.8 Å². The average Bonchev–Trinajstić information content (AvgIpc) is 4.03. The number of amides is 2. The van der Waals surface area contributed by atoms with Gasteiger partial charge in [0.25, 0.3) is 0 Å². The smallest absolute Gasteiger partial charge is 0.219 e. The number of piperidine rings is 1. The Morgan fingerprint density at radius 2 is 1.66 bits per heavy atom. The van der Waals surface area contributed by atoms with E-state index < -0.39 is 11.0 Å². The van der Waals surface area contributed by atoms with Gasteiger partial charge in [-0.15, -0.1) is 11.3 Å². The Labute approximate surface area is 430 Å². The number of aromatic nitrogens is 2. The number of pyridine rings is 1. The Morgan fingerprint density at radius 3 is 2.32 bits per heavy atom. The van der Waals surface area contributed by atoms with Crippen LogP contribution in [0.15, 0.2) is 82.0 Å². The molecule has 3 aromatic heterocycles. The molecule has 5 aromatic rings. The summed E-state index contributed by atoms with van der Waals surface area (Å²) in [6.07, 6.45) is 18.3. The molecule has 8 rings (SSSR count). The van der Waals surface area contributed by atoms with Gasteiger partial charge in [-0.3, -0.25) is 24.9 Å². The number of fused-ring (bicyclic) bond motifs is 4. The maximum atomic E-state index is 14.0. The minimum atomic E-state index is -1.28. The zero-order valence-corrected chi connectivity index (χ0v) is 44.5. The average molecular weight is 1030 g/mol. The number of carbonyl (C=O) groups excluding carboxylic acids is 3. The number of nitrogens with two attached hydrogens (primary N) is 1. The first-order valence-corrected chi connectivity index (χ1v) is 26.9. The van der Waals surface area contributed by atoms with Crippen molar-refractivity contribution in [1.29, 1.82) is 0 Å². The first kappa shape index (κ1) is 56.6. The fourth-order valence-corrected chi connectivity index (χ4v) is 11.7. The Hall–Kier alpha value is -5.30. The number of aryl methyl sites for hydroxylation is 2. The number of aliphatic imine (C=N–C) groups is 1. The van der Waals surface area contributed by atoms with Crippen molar-refractivity contribution in [2.24, 2.45) is 15.8 Å². The number of aldehydes is 1. The van der Waals surface area contributed by atoms with Crippen LogP contribution in [-0.2, 0) is 42.9 Å². The summed E-state index contributed by atoms with van der Waals surface area (Å²) in [6, 6.07) is 18.4. The predicted octanol–water partition coefficient (Wildman–Crippen LogP) is 8.71. The van der Waals surface area contributed by atoms with Crippen LogP contribution < -0.4 is 21.4 Å². The highest BCUT2D eigenvalue weighted by atomic mass is 35.5. The van der Waals surface area contributed by atoms with Crippen molar-refractivity contribution < 1.29 is 28.4 Å². The second kappa shape index (κ2) is 29.3. The summed E-state index contributed by atoms with van der Waals surface area (Å²) < 4.78 is 23.4. The number of amidine groups is 1. The number of nitrogens with one attached hydrogen (secondary N) is 2. The van der Waals surface area contributed by atoms with Gasteiger partial charge in [-0.1, -0.05) is 81.3 Å². The molecule has 3 aliphatic heterocycles. The molecule has 15 nitrogen and oxygen atoms in total. The fraction of sp³-hybridized carbons (Fsp3) is 0.472. The highest BCUT2D eigenvalue weighted by Crippen LogP contribution is 2.40. The number of hydrogen-bond donors (Lipinski definition) is 4. The van der Waals surface area contributed by atoms with E-state index in [-0.39, 0.29) is 24.6 Å². The summed E-state index contributed by atoms with van der Waals surface area (Å²) in [6.45, 7) is 11.2. The van der Waals surface area contributed by atoms with Crippen LogP contribution in [0.2, 0.25) is 5.02 Å². The maximum absolute atomic E-state index is 14.0. The topological polar surface area (TPSA) is 196 Å². The quantitative estimate of drug-likeness (QED) is 0.0462. The lowest BCUT2D eigenvalue weighted by atomic mass is 10.00. The first-order chi connectivity index (χ1) is 34.5. The number of hydrogen-bond acceptors (Lipinski definition) is 12. The van der Waals surface area contributed by atoms with Crippen molar-refractivity contribution in [3.8, 4) is 11.1 Å². The SMILES string of the molecule is CCC(=O)NCCCCCCCCCCc1ccc(-c2ccn3ncc(CC=O)c3c2)c(S(=O)N2CCC(OC)CC2)c1.CO.Cc1sc2c(c1C)C(c1ccc(Cl)cc1)=NCC1=NNC(C)N12.NC=O. The number of ether oxygens (including phenoxy) is 1. The predicted molar refractivity (Wildman–Crippen MR) is 289 cm³/mol. The molecule has 0 spiro atoms. The zero-order chi connectivity index (χ0) is 51.3. The number of carbonyl (C=O) groups is 3. The lowest BCUT2D eigenvalue weighted by molar-refractivity contribution is -0.120. The van der Waals surface area contributed by atoms with Crippen molar-refractivity contribution in [1.82, 2.24) is 24.7 Å². The van der Waals surface area contributed by atoms with Crippen LogP contribution >= 0.6 is 22.9 Å². The van der Waals surface area contributed by atoms with E-state index in [0.29, 0.717) is 19.4 Å². The van der Waals surface area contributed by atoms with Gasteiger partial charge in [0, 0.05) is 79.5 Å². The molecule has 3 aliphatic rings. The lowest BCUT2D eigenvalue weighted by Crippen LogP contribution is -2.38. The number of methoxy groups -OCH3 is 1. The van der Waals surface area contributed by atoms with Gasteiger partial charge in [-0.2, -0.15) is 10.2 Å². The highest BCUT2D eigenvalue weighted by molar-refractivity contribution is 7.82. The van der Waals surface area contributed by atoms with E-state index in [1.54, 1.807) is 17.8 Å². The summed E-state index contributed by atoms with van der Waals surface area (Å²) in [7, 11) is 1.47. The van der Waals surface area contributed by atoms with Crippen LogP contribution in [0.3, 0.4) is 0 Å². The summed E-state index contributed by atoms with van der Waals surface area (Å²) in [5.74, 6) is 1.12. The summed E-state index contributed by atoms with van der Waals surface area (Å²) in [5, 5.41) is 20.7. The molecule has 18 heteroatoms. The van der Waals surface area contributed by atoms with Crippen LogP contribution in [0.4, 0.5) is 5.00 Å². The molecule has 5 N–H and O–H groups in total. The van der Waals surface area contributed by atoms with E-state index in [1.807, 2.05) is 54.8 Å². The van der Waals surface area contributed by atoms with Crippen LogP contribution in [0.1, 0.15) is 117 Å². The van der Waals surface area contributed by atoms with Gasteiger partial charge in [0.05, 0.1) is 35.0 Å². The lowest BCUT2D eigenvalue weighted by Gasteiger charge is -2.30. The van der Waals surface area contributed by atoms with E-state index in [0.717, 1.165) is 114 Å². The van der Waals surface area contributed by atoms with E-state index in [2.05, 4.69) is 80.9 Å². The maximum Gasteiger partial charge on any atom is 0.219 e. The van der Waals surface area contributed by atoms with Gasteiger partial charge in [-0.05, 0) is 105 Å². The van der Waals surface area contributed by atoms with E-state index in [9.17, 15) is 13.8 Å². The number of thiophene rings is 1. The fourth-order valence-electron chi connectivity index (χ4n) is 8.83. The Morgan fingerprint density at radius 1 is 0.986 bits per heavy atom. The van der Waals surface area contributed by atoms with Crippen LogP contribution in [-0.4, -0.2) is 106 Å². The first-order valence-electron chi connectivity index (χ1n) is 24.6. The number of aliphatic hydroxyl groups is 1. The zero-order valence-electron chi connectivity index (χ0n) is 42.1. The second-order valence-corrected chi connectivity index (χ2v) is 20.6. The van der Waals surface area contributed by atoms with E-state index >= 15 is 0 Å². The van der Waals surface area contributed by atoms with Crippen molar-refractivity contribution in [3.05, 3.63) is 105 Å². The molecule has 2 aromatic carbocycles. The molecule has 0 saturated carbocycles. The molecule has 6 heterocycles. The molecule has 71 heavy (non-hydrogen) atoms. The van der Waals surface area contributed by atoms with Gasteiger partial charge >= 0.3 is 0 Å². The van der Waals surface area contributed by atoms with Crippen molar-refractivity contribution in [2.45, 2.75) is 128 Å². The third kappa shape index (κ3) is 15.4. The molecule has 1 saturated heterocycles. The second-order valence-electron chi connectivity index (χ2n) is 17.5. The third-order valence-corrected chi connectivity index (χ3v) is 15.8. The molecule has 0 radical (unpaired) electrons. The summed E-state index contributed by atoms with van der Waals surface area (Å²) in [4.78, 5) is 40.4. The number of halogens is 1. The van der Waals surface area contributed by atoms with Gasteiger partial charge in [0.15, 0.2) is 5.84 Å². The Kier molecular flexibility index (Phi) is 23.3. The standard InChI is InChI=1S/C34H48N4O4S.C17H17ClN4S.CH3NO.CH4O/c1-3-34(40)35-19-11-9-7-5-4-6-8-10-12-27-13-14-31(28-15-22-38-32(25-28)29(18-23-39)26-36-38)33(24-27)43(41)37-20-16-30(42-2)17-21-37;1-9-10(2)23-17-15(9)16(12-4-6-13(18)7-5-12)19-8-14-21-20-11(3)22(14)17;2-1-3;1-2/h13-15,22-26,30H,3-12,16-21H2,1-2H3,(H,35,40);4-7,11,20H,8H2,1-3H3;1H,(H2,2,3);2H,1H3. The number of hydrazone groups is 1. The van der Waals surface area contributed by atoms with Crippen molar-refractivity contribution >= 4 is 74.6 Å². The summed E-state index contributed by atoms with van der Waals surface area (Å²) >= 11 is 7.85. The molecule has 384 valence electrons. The Bertz CT molecular complexity index is 2590. The number of nitrogens with zero attached hydrogens (tertiary/aromatic N) is 6. The number of primary amides is 1. The molecule has 1 fully saturated rings. The molecule has 2 unspecified atom stereocenters. The van der Waals surface area contributed by atoms with Gasteiger partial charge in [-0.25, -0.2) is 13.0 Å². The number of aliphatic hydroxyl groups excluding tert-OH is 1.